The molecule has 0 saturated carbocycles. The lowest BCUT2D eigenvalue weighted by Gasteiger charge is -2.43. The highest BCUT2D eigenvalue weighted by Crippen LogP contribution is 2.44. The minimum atomic E-state index is -1.50. The van der Waals surface area contributed by atoms with Crippen molar-refractivity contribution in [3.63, 3.8) is 0 Å². The van der Waals surface area contributed by atoms with E-state index in [1.54, 1.807) is 17.3 Å². The highest BCUT2D eigenvalue weighted by Gasteiger charge is 2.50. The van der Waals surface area contributed by atoms with Crippen LogP contribution in [0.3, 0.4) is 0 Å². The van der Waals surface area contributed by atoms with Crippen LogP contribution >= 0.6 is 0 Å². The molecule has 1 amide bonds. The highest BCUT2D eigenvalue weighted by atomic mass is 28.3. The Morgan fingerprint density at radius 2 is 1.86 bits per heavy atom. The normalized spacial score (nSPS) is 25.8. The minimum absolute atomic E-state index is 0.153. The number of aromatic nitrogens is 1. The van der Waals surface area contributed by atoms with Gasteiger partial charge in [-0.15, -0.1) is 5.54 Å². The van der Waals surface area contributed by atoms with Gasteiger partial charge in [0.2, 0.25) is 0 Å². The summed E-state index contributed by atoms with van der Waals surface area (Å²) in [5.74, 6) is 3.24. The zero-order valence-corrected chi connectivity index (χ0v) is 19.1. The third-order valence-corrected chi connectivity index (χ3v) is 5.95. The fraction of sp³-hybridized carbons (Fsp3) is 0.522. The Morgan fingerprint density at radius 3 is 2.38 bits per heavy atom. The Morgan fingerprint density at radius 1 is 1.24 bits per heavy atom. The lowest BCUT2D eigenvalue weighted by atomic mass is 9.71. The second kappa shape index (κ2) is 7.35. The Kier molecular flexibility index (Phi) is 5.36. The number of pyridine rings is 1. The lowest BCUT2D eigenvalue weighted by Crippen LogP contribution is -2.53. The van der Waals surface area contributed by atoms with E-state index in [9.17, 15) is 10.1 Å². The number of ether oxygens (including phenoxy) is 1. The molecule has 2 aliphatic heterocycles. The largest absolute Gasteiger partial charge is 0.444 e. The maximum absolute atomic E-state index is 12.7. The Labute approximate surface area is 174 Å². The topological polar surface area (TPSA) is 66.2 Å². The second-order valence-electron chi connectivity index (χ2n) is 9.97. The van der Waals surface area contributed by atoms with E-state index in [-0.39, 0.29) is 18.2 Å². The number of hydrogen-bond acceptors (Lipinski definition) is 4. The van der Waals surface area contributed by atoms with Crippen molar-refractivity contribution in [2.75, 3.05) is 0 Å². The molecular weight excluding hydrogens is 378 g/mol. The van der Waals surface area contributed by atoms with Gasteiger partial charge in [0.1, 0.15) is 13.7 Å². The standard InChI is InChI=1S/C23H29N3O2Si/c1-22(2,3)28-21(27)26-19-7-8-20(26)13-23(12-19,16-24)18-11-17(14-25-15-18)9-10-29(4,5)6/h7-8,11,14-15,19-20H,12-13H2,1-6H3. The van der Waals surface area contributed by atoms with Gasteiger partial charge in [-0.05, 0) is 45.2 Å². The van der Waals surface area contributed by atoms with Gasteiger partial charge in [0, 0.05) is 18.0 Å². The molecule has 5 nitrogen and oxygen atoms in total. The van der Waals surface area contributed by atoms with E-state index in [1.165, 1.54) is 0 Å². The first kappa shape index (κ1) is 21.1. The third kappa shape index (κ3) is 4.71. The summed E-state index contributed by atoms with van der Waals surface area (Å²) < 4.78 is 5.59. The molecule has 0 spiro atoms. The molecule has 29 heavy (non-hydrogen) atoms. The summed E-state index contributed by atoms with van der Waals surface area (Å²) in [5.41, 5.74) is 3.84. The first-order valence-corrected chi connectivity index (χ1v) is 13.5. The number of nitriles is 1. The van der Waals surface area contributed by atoms with Gasteiger partial charge >= 0.3 is 6.09 Å². The maximum Gasteiger partial charge on any atom is 0.411 e. The predicted molar refractivity (Wildman–Crippen MR) is 116 cm³/mol. The van der Waals surface area contributed by atoms with E-state index in [1.807, 2.05) is 39.0 Å². The van der Waals surface area contributed by atoms with Crippen LogP contribution in [0.5, 0.6) is 0 Å². The van der Waals surface area contributed by atoms with Gasteiger partial charge in [-0.25, -0.2) is 4.79 Å². The molecule has 0 N–H and O–H groups in total. The molecule has 1 saturated heterocycles. The van der Waals surface area contributed by atoms with Gasteiger partial charge in [0.05, 0.1) is 23.6 Å². The van der Waals surface area contributed by atoms with E-state index in [4.69, 9.17) is 4.74 Å². The molecule has 3 rings (SSSR count). The molecule has 0 aromatic carbocycles. The number of piperidine rings is 1. The fourth-order valence-corrected chi connectivity index (χ4v) is 4.34. The van der Waals surface area contributed by atoms with Gasteiger partial charge in [-0.3, -0.25) is 9.88 Å². The number of carbonyl (C=O) groups is 1. The number of hydrogen-bond donors (Lipinski definition) is 0. The third-order valence-electron chi connectivity index (χ3n) is 5.08. The molecule has 0 radical (unpaired) electrons. The maximum atomic E-state index is 12.7. The van der Waals surface area contributed by atoms with Crippen molar-refractivity contribution in [2.45, 2.75) is 76.4 Å². The summed E-state index contributed by atoms with van der Waals surface area (Å²) in [7, 11) is -1.50. The molecular formula is C23H29N3O2Si. The molecule has 2 aliphatic rings. The summed E-state index contributed by atoms with van der Waals surface area (Å²) in [4.78, 5) is 18.8. The van der Waals surface area contributed by atoms with Crippen LogP contribution in [0.25, 0.3) is 0 Å². The first-order valence-electron chi connectivity index (χ1n) is 10.0. The van der Waals surface area contributed by atoms with Gasteiger partial charge in [0.15, 0.2) is 0 Å². The van der Waals surface area contributed by atoms with E-state index < -0.39 is 19.1 Å². The van der Waals surface area contributed by atoms with Crippen molar-refractivity contribution in [1.82, 2.24) is 9.88 Å². The quantitative estimate of drug-likeness (QED) is 0.393. The van der Waals surface area contributed by atoms with Crippen LogP contribution in [0.2, 0.25) is 19.6 Å². The highest BCUT2D eigenvalue weighted by molar-refractivity contribution is 6.83. The van der Waals surface area contributed by atoms with Crippen LogP contribution in [0.4, 0.5) is 4.79 Å². The van der Waals surface area contributed by atoms with Crippen LogP contribution in [0.1, 0.15) is 44.7 Å². The fourth-order valence-electron chi connectivity index (χ4n) is 3.82. The minimum Gasteiger partial charge on any atom is -0.444 e. The zero-order chi connectivity index (χ0) is 21.4. The summed E-state index contributed by atoms with van der Waals surface area (Å²) in [6.07, 6.45) is 8.31. The van der Waals surface area contributed by atoms with Gasteiger partial charge in [0.25, 0.3) is 0 Å². The zero-order valence-electron chi connectivity index (χ0n) is 18.1. The molecule has 1 aromatic rings. The summed E-state index contributed by atoms with van der Waals surface area (Å²) in [6, 6.07) is 4.23. The predicted octanol–water partition coefficient (Wildman–Crippen LogP) is 4.41. The number of rotatable bonds is 1. The van der Waals surface area contributed by atoms with Gasteiger partial charge in [-0.2, -0.15) is 5.26 Å². The number of carbonyl (C=O) groups excluding carboxylic acids is 1. The van der Waals surface area contributed by atoms with Crippen molar-refractivity contribution >= 4 is 14.2 Å². The molecule has 152 valence electrons. The molecule has 1 aromatic heterocycles. The lowest BCUT2D eigenvalue weighted by molar-refractivity contribution is 0.00562. The smallest absolute Gasteiger partial charge is 0.411 e. The summed E-state index contributed by atoms with van der Waals surface area (Å²) in [5, 5.41) is 10.2. The summed E-state index contributed by atoms with van der Waals surface area (Å²) in [6.45, 7) is 12.2. The first-order chi connectivity index (χ1) is 13.4. The molecule has 3 heterocycles. The Bertz CT molecular complexity index is 922. The molecule has 6 heteroatoms. The van der Waals surface area contributed by atoms with E-state index in [0.717, 1.165) is 11.1 Å². The van der Waals surface area contributed by atoms with E-state index >= 15 is 0 Å². The molecule has 1 fully saturated rings. The van der Waals surface area contributed by atoms with Crippen LogP contribution in [0.15, 0.2) is 30.6 Å². The Hall–Kier alpha value is -2.57. The molecule has 2 unspecified atom stereocenters. The van der Waals surface area contributed by atoms with E-state index in [0.29, 0.717) is 12.8 Å². The molecule has 0 aliphatic carbocycles. The van der Waals surface area contributed by atoms with Crippen molar-refractivity contribution < 1.29 is 9.53 Å². The SMILES string of the molecule is CC(C)(C)OC(=O)N1C2C=CC1CC(C#N)(c1cncc(C#C[Si](C)(C)C)c1)C2. The summed E-state index contributed by atoms with van der Waals surface area (Å²) >= 11 is 0. The number of fused-ring (bicyclic) bond motifs is 2. The van der Waals surface area contributed by atoms with Crippen molar-refractivity contribution in [2.24, 2.45) is 0 Å². The molecule has 2 atom stereocenters. The molecule has 2 bridgehead atoms. The average molecular weight is 408 g/mol. The van der Waals surface area contributed by atoms with Crippen molar-refractivity contribution in [3.05, 3.63) is 41.7 Å². The van der Waals surface area contributed by atoms with Crippen molar-refractivity contribution in [3.8, 4) is 17.5 Å². The Balaban J connectivity index is 1.87. The van der Waals surface area contributed by atoms with Crippen LogP contribution in [0, 0.1) is 22.8 Å². The monoisotopic (exact) mass is 407 g/mol. The van der Waals surface area contributed by atoms with Crippen molar-refractivity contribution in [1.29, 1.82) is 5.26 Å². The number of amides is 1. The van der Waals surface area contributed by atoms with Crippen LogP contribution in [-0.2, 0) is 10.2 Å². The van der Waals surface area contributed by atoms with Gasteiger partial charge in [-0.1, -0.05) is 37.7 Å². The van der Waals surface area contributed by atoms with Gasteiger partial charge < -0.3 is 4.74 Å². The number of nitrogens with zero attached hydrogens (tertiary/aromatic N) is 3. The van der Waals surface area contributed by atoms with Crippen LogP contribution in [-0.4, -0.2) is 41.7 Å². The second-order valence-corrected chi connectivity index (χ2v) is 14.7. The van der Waals surface area contributed by atoms with Crippen LogP contribution < -0.4 is 0 Å². The van der Waals surface area contributed by atoms with E-state index in [2.05, 4.69) is 42.2 Å². The average Bonchev–Trinajstić information content (AvgIpc) is 2.89.